The summed E-state index contributed by atoms with van der Waals surface area (Å²) in [6, 6.07) is 6.53. The van der Waals surface area contributed by atoms with Gasteiger partial charge in [-0.15, -0.1) is 10.2 Å². The van der Waals surface area contributed by atoms with Gasteiger partial charge in [0.1, 0.15) is 5.52 Å². The average Bonchev–Trinajstić information content (AvgIpc) is 2.83. The third-order valence-electron chi connectivity index (χ3n) is 3.77. The summed E-state index contributed by atoms with van der Waals surface area (Å²) in [7, 11) is 0. The molecule has 0 aliphatic rings. The molecule has 3 rings (SSSR count). The van der Waals surface area contributed by atoms with Gasteiger partial charge in [-0.05, 0) is 31.9 Å². The lowest BCUT2D eigenvalue weighted by Gasteiger charge is -2.05. The number of rotatable bonds is 6. The minimum atomic E-state index is 0.784. The van der Waals surface area contributed by atoms with Gasteiger partial charge in [-0.2, -0.15) is 0 Å². The molecule has 5 heteroatoms. The van der Waals surface area contributed by atoms with Crippen LogP contribution in [0.25, 0.3) is 22.1 Å². The maximum absolute atomic E-state index is 4.78. The van der Waals surface area contributed by atoms with E-state index in [2.05, 4.69) is 53.7 Å². The molecule has 0 N–H and O–H groups in total. The molecule has 2 aromatic heterocycles. The van der Waals surface area contributed by atoms with E-state index in [9.17, 15) is 0 Å². The van der Waals surface area contributed by atoms with Gasteiger partial charge in [0.2, 0.25) is 5.16 Å². The summed E-state index contributed by atoms with van der Waals surface area (Å²) in [4.78, 5) is 4.78. The van der Waals surface area contributed by atoms with Crippen molar-refractivity contribution in [3.63, 3.8) is 0 Å². The second-order valence-corrected chi connectivity index (χ2v) is 6.70. The number of thioether (sulfide) groups is 1. The SMILES string of the molecule is CCCCn1c2ccc(C)cc2c2nnc(SCCC)nc21. The van der Waals surface area contributed by atoms with Gasteiger partial charge >= 0.3 is 0 Å². The van der Waals surface area contributed by atoms with Crippen LogP contribution >= 0.6 is 11.8 Å². The molecule has 0 spiro atoms. The van der Waals surface area contributed by atoms with Gasteiger partial charge in [-0.3, -0.25) is 0 Å². The molecule has 0 amide bonds. The summed E-state index contributed by atoms with van der Waals surface area (Å²) in [6.07, 6.45) is 3.43. The van der Waals surface area contributed by atoms with E-state index in [1.165, 1.54) is 17.5 Å². The van der Waals surface area contributed by atoms with Crippen LogP contribution in [0.4, 0.5) is 0 Å². The van der Waals surface area contributed by atoms with Crippen LogP contribution in [-0.2, 0) is 6.54 Å². The van der Waals surface area contributed by atoms with Crippen molar-refractivity contribution in [1.82, 2.24) is 19.7 Å². The first kappa shape index (κ1) is 15.3. The number of benzene rings is 1. The zero-order chi connectivity index (χ0) is 15.5. The highest BCUT2D eigenvalue weighted by atomic mass is 32.2. The Morgan fingerprint density at radius 1 is 1.14 bits per heavy atom. The normalized spacial score (nSPS) is 11.6. The molecule has 4 nitrogen and oxygen atoms in total. The maximum atomic E-state index is 4.78. The molecule has 0 saturated heterocycles. The predicted molar refractivity (Wildman–Crippen MR) is 93.5 cm³/mol. The van der Waals surface area contributed by atoms with Gasteiger partial charge in [-0.1, -0.05) is 43.7 Å². The smallest absolute Gasteiger partial charge is 0.211 e. The molecule has 116 valence electrons. The largest absolute Gasteiger partial charge is 0.324 e. The van der Waals surface area contributed by atoms with Crippen molar-refractivity contribution in [2.45, 2.75) is 51.7 Å². The number of fused-ring (bicyclic) bond motifs is 3. The summed E-state index contributed by atoms with van der Waals surface area (Å²) < 4.78 is 2.30. The fourth-order valence-corrected chi connectivity index (χ4v) is 3.29. The van der Waals surface area contributed by atoms with Crippen molar-refractivity contribution < 1.29 is 0 Å². The predicted octanol–water partition coefficient (Wildman–Crippen LogP) is 4.59. The fourth-order valence-electron chi connectivity index (χ4n) is 2.65. The number of nitrogens with zero attached hydrogens (tertiary/aromatic N) is 4. The Labute approximate surface area is 135 Å². The van der Waals surface area contributed by atoms with Crippen LogP contribution in [-0.4, -0.2) is 25.5 Å². The molecule has 3 aromatic rings. The quantitative estimate of drug-likeness (QED) is 0.624. The van der Waals surface area contributed by atoms with Crippen LogP contribution in [0, 0.1) is 6.92 Å². The van der Waals surface area contributed by atoms with Crippen LogP contribution in [0.2, 0.25) is 0 Å². The fraction of sp³-hybridized carbons (Fsp3) is 0.471. The summed E-state index contributed by atoms with van der Waals surface area (Å²) in [5.41, 5.74) is 4.36. The van der Waals surface area contributed by atoms with E-state index >= 15 is 0 Å². The third kappa shape index (κ3) is 2.82. The summed E-state index contributed by atoms with van der Waals surface area (Å²) in [5.74, 6) is 1.03. The van der Waals surface area contributed by atoms with E-state index in [0.29, 0.717) is 0 Å². The first-order chi connectivity index (χ1) is 10.7. The Morgan fingerprint density at radius 2 is 2.00 bits per heavy atom. The molecule has 0 aliphatic heterocycles. The van der Waals surface area contributed by atoms with E-state index in [1.807, 2.05) is 0 Å². The van der Waals surface area contributed by atoms with Crippen LogP contribution in [0.15, 0.2) is 23.4 Å². The van der Waals surface area contributed by atoms with Gasteiger partial charge in [0.25, 0.3) is 0 Å². The van der Waals surface area contributed by atoms with Gasteiger partial charge in [0, 0.05) is 17.7 Å². The second kappa shape index (κ2) is 6.65. The van der Waals surface area contributed by atoms with Gasteiger partial charge < -0.3 is 4.57 Å². The lowest BCUT2D eigenvalue weighted by Crippen LogP contribution is -2.01. The van der Waals surface area contributed by atoms with E-state index in [0.717, 1.165) is 46.8 Å². The highest BCUT2D eigenvalue weighted by molar-refractivity contribution is 7.99. The van der Waals surface area contributed by atoms with Crippen molar-refractivity contribution in [3.8, 4) is 0 Å². The van der Waals surface area contributed by atoms with E-state index in [4.69, 9.17) is 4.98 Å². The Hall–Kier alpha value is -1.62. The van der Waals surface area contributed by atoms with Crippen molar-refractivity contribution in [2.24, 2.45) is 0 Å². The van der Waals surface area contributed by atoms with E-state index < -0.39 is 0 Å². The molecule has 1 aromatic carbocycles. The number of hydrogen-bond acceptors (Lipinski definition) is 4. The third-order valence-corrected chi connectivity index (χ3v) is 4.82. The monoisotopic (exact) mass is 314 g/mol. The number of hydrogen-bond donors (Lipinski definition) is 0. The molecule has 22 heavy (non-hydrogen) atoms. The molecular formula is C17H22N4S. The molecule has 0 bridgehead atoms. The Balaban J connectivity index is 2.19. The highest BCUT2D eigenvalue weighted by Gasteiger charge is 2.14. The second-order valence-electron chi connectivity index (χ2n) is 5.64. The van der Waals surface area contributed by atoms with Crippen LogP contribution < -0.4 is 0 Å². The van der Waals surface area contributed by atoms with E-state index in [1.54, 1.807) is 11.8 Å². The number of unbranched alkanes of at least 4 members (excludes halogenated alkanes) is 1. The topological polar surface area (TPSA) is 43.6 Å². The molecule has 0 fully saturated rings. The van der Waals surface area contributed by atoms with Crippen LogP contribution in [0.3, 0.4) is 0 Å². The molecule has 0 radical (unpaired) electrons. The summed E-state index contributed by atoms with van der Waals surface area (Å²) in [5, 5.41) is 10.7. The van der Waals surface area contributed by atoms with E-state index in [-0.39, 0.29) is 0 Å². The van der Waals surface area contributed by atoms with Gasteiger partial charge in [-0.25, -0.2) is 4.98 Å². The molecule has 0 aliphatic carbocycles. The Morgan fingerprint density at radius 3 is 2.77 bits per heavy atom. The van der Waals surface area contributed by atoms with Crippen molar-refractivity contribution in [3.05, 3.63) is 23.8 Å². The maximum Gasteiger partial charge on any atom is 0.211 e. The van der Waals surface area contributed by atoms with Crippen molar-refractivity contribution in [2.75, 3.05) is 5.75 Å². The van der Waals surface area contributed by atoms with Crippen molar-refractivity contribution in [1.29, 1.82) is 0 Å². The lowest BCUT2D eigenvalue weighted by atomic mass is 10.2. The molecular weight excluding hydrogens is 292 g/mol. The van der Waals surface area contributed by atoms with Gasteiger partial charge in [0.05, 0.1) is 5.52 Å². The Kier molecular flexibility index (Phi) is 4.62. The van der Waals surface area contributed by atoms with Crippen LogP contribution in [0.5, 0.6) is 0 Å². The van der Waals surface area contributed by atoms with Crippen molar-refractivity contribution >= 4 is 33.8 Å². The standard InChI is InChI=1S/C17H22N4S/c1-4-6-9-21-14-8-7-12(3)11-13(14)15-16(21)18-17(20-19-15)22-10-5-2/h7-8,11H,4-6,9-10H2,1-3H3. The lowest BCUT2D eigenvalue weighted by molar-refractivity contribution is 0.656. The molecule has 0 atom stereocenters. The average molecular weight is 314 g/mol. The molecule has 0 unspecified atom stereocenters. The summed E-state index contributed by atoms with van der Waals surface area (Å²) in [6.45, 7) is 7.48. The number of aryl methyl sites for hydroxylation is 2. The highest BCUT2D eigenvalue weighted by Crippen LogP contribution is 2.28. The minimum absolute atomic E-state index is 0.784. The molecule has 0 saturated carbocycles. The first-order valence-electron chi connectivity index (χ1n) is 8.00. The molecule has 2 heterocycles. The zero-order valence-electron chi connectivity index (χ0n) is 13.5. The summed E-state index contributed by atoms with van der Waals surface area (Å²) >= 11 is 1.68. The van der Waals surface area contributed by atoms with Gasteiger partial charge in [0.15, 0.2) is 5.65 Å². The first-order valence-corrected chi connectivity index (χ1v) is 8.99. The Bertz CT molecular complexity index is 794. The van der Waals surface area contributed by atoms with Crippen LogP contribution in [0.1, 0.15) is 38.7 Å². The number of aromatic nitrogens is 4. The minimum Gasteiger partial charge on any atom is -0.324 e. The zero-order valence-corrected chi connectivity index (χ0v) is 14.3.